The first-order valence-electron chi connectivity index (χ1n) is 6.14. The Morgan fingerprint density at radius 1 is 1.35 bits per heavy atom. The molecule has 1 aromatic rings. The summed E-state index contributed by atoms with van der Waals surface area (Å²) in [6.45, 7) is 5.23. The lowest BCUT2D eigenvalue weighted by atomic mass is 10.3. The van der Waals surface area contributed by atoms with Gasteiger partial charge in [-0.3, -0.25) is 0 Å². The van der Waals surface area contributed by atoms with Gasteiger partial charge in [0.1, 0.15) is 17.5 Å². The van der Waals surface area contributed by atoms with Gasteiger partial charge in [0, 0.05) is 13.2 Å². The summed E-state index contributed by atoms with van der Waals surface area (Å²) >= 11 is 7.31. The lowest BCUT2D eigenvalue weighted by Crippen LogP contribution is -2.27. The number of nitrogens with zero attached hydrogens (tertiary/aromatic N) is 3. The number of hydrogen-bond acceptors (Lipinski definition) is 7. The second-order valence-electron chi connectivity index (χ2n) is 3.56. The first kappa shape index (κ1) is 17.0. The maximum absolute atomic E-state index is 9.11. The van der Waals surface area contributed by atoms with Gasteiger partial charge >= 0.3 is 0 Å². The first-order chi connectivity index (χ1) is 9.65. The summed E-state index contributed by atoms with van der Waals surface area (Å²) in [6, 6.07) is 1.99. The lowest BCUT2D eigenvalue weighted by molar-refractivity contribution is -0.126. The first-order valence-corrected chi connectivity index (χ1v) is 7.75. The van der Waals surface area contributed by atoms with Crippen LogP contribution in [0.1, 0.15) is 19.4 Å². The van der Waals surface area contributed by atoms with Crippen LogP contribution in [0.5, 0.6) is 0 Å². The minimum atomic E-state index is -0.400. The van der Waals surface area contributed by atoms with E-state index in [9.17, 15) is 0 Å². The van der Waals surface area contributed by atoms with Gasteiger partial charge in [-0.2, -0.15) is 5.26 Å². The van der Waals surface area contributed by atoms with Gasteiger partial charge in [0.05, 0.1) is 6.54 Å². The molecule has 0 aliphatic carbocycles. The van der Waals surface area contributed by atoms with E-state index in [0.717, 1.165) is 0 Å². The Hall–Kier alpha value is -1.07. The fourth-order valence-corrected chi connectivity index (χ4v) is 2.08. The Morgan fingerprint density at radius 3 is 2.50 bits per heavy atom. The van der Waals surface area contributed by atoms with Crippen LogP contribution >= 0.6 is 23.4 Å². The third-order valence-corrected chi connectivity index (χ3v) is 3.10. The predicted molar refractivity (Wildman–Crippen MR) is 79.1 cm³/mol. The molecule has 6 nitrogen and oxygen atoms in total. The Morgan fingerprint density at radius 2 is 2.00 bits per heavy atom. The highest BCUT2D eigenvalue weighted by molar-refractivity contribution is 7.98. The molecule has 0 atom stereocenters. The second kappa shape index (κ2) is 8.97. The maximum atomic E-state index is 9.11. The molecule has 0 aromatic carbocycles. The molecule has 1 aromatic heterocycles. The zero-order chi connectivity index (χ0) is 15.0. The van der Waals surface area contributed by atoms with Crippen molar-refractivity contribution >= 4 is 29.2 Å². The second-order valence-corrected chi connectivity index (χ2v) is 4.69. The van der Waals surface area contributed by atoms with E-state index in [2.05, 4.69) is 15.3 Å². The van der Waals surface area contributed by atoms with Gasteiger partial charge in [-0.15, -0.1) is 0 Å². The van der Waals surface area contributed by atoms with Crippen molar-refractivity contribution in [2.24, 2.45) is 0 Å². The molecule has 8 heteroatoms. The van der Waals surface area contributed by atoms with Crippen LogP contribution in [0.3, 0.4) is 0 Å². The molecule has 0 aliphatic rings. The highest BCUT2D eigenvalue weighted by Gasteiger charge is 2.15. The van der Waals surface area contributed by atoms with Crippen LogP contribution in [0.15, 0.2) is 5.16 Å². The van der Waals surface area contributed by atoms with Gasteiger partial charge < -0.3 is 14.8 Å². The fraction of sp³-hybridized carbons (Fsp3) is 0.583. The van der Waals surface area contributed by atoms with E-state index in [0.29, 0.717) is 30.7 Å². The number of aromatic nitrogens is 2. The van der Waals surface area contributed by atoms with Crippen LogP contribution in [0.4, 0.5) is 5.82 Å². The topological polar surface area (TPSA) is 80.1 Å². The smallest absolute Gasteiger partial charge is 0.190 e. The van der Waals surface area contributed by atoms with Crippen LogP contribution in [0.25, 0.3) is 0 Å². The van der Waals surface area contributed by atoms with E-state index in [4.69, 9.17) is 26.3 Å². The Balaban J connectivity index is 2.85. The highest BCUT2D eigenvalue weighted by atomic mass is 35.5. The summed E-state index contributed by atoms with van der Waals surface area (Å²) in [5.41, 5.74) is 0.219. The van der Waals surface area contributed by atoms with Gasteiger partial charge in [-0.25, -0.2) is 9.97 Å². The number of halogens is 1. The molecule has 1 N–H and O–H groups in total. The van der Waals surface area contributed by atoms with Crippen molar-refractivity contribution in [3.8, 4) is 6.07 Å². The third-order valence-electron chi connectivity index (χ3n) is 2.28. The van der Waals surface area contributed by atoms with Gasteiger partial charge in [0.2, 0.25) is 0 Å². The van der Waals surface area contributed by atoms with E-state index in [1.54, 1.807) is 0 Å². The highest BCUT2D eigenvalue weighted by Crippen LogP contribution is 2.23. The Kier molecular flexibility index (Phi) is 7.62. The van der Waals surface area contributed by atoms with Crippen molar-refractivity contribution in [1.82, 2.24) is 9.97 Å². The minimum Gasteiger partial charge on any atom is -0.364 e. The fourth-order valence-electron chi connectivity index (χ4n) is 1.45. The zero-order valence-electron chi connectivity index (χ0n) is 11.6. The molecule has 0 spiro atoms. The van der Waals surface area contributed by atoms with Gasteiger partial charge in [0.25, 0.3) is 0 Å². The predicted octanol–water partition coefficient (Wildman–Crippen LogP) is 2.53. The minimum absolute atomic E-state index is 0.138. The molecule has 0 saturated carbocycles. The molecule has 0 aliphatic heterocycles. The van der Waals surface area contributed by atoms with Crippen LogP contribution in [-0.4, -0.2) is 42.3 Å². The number of ether oxygens (including phenoxy) is 2. The Labute approximate surface area is 127 Å². The van der Waals surface area contributed by atoms with E-state index in [-0.39, 0.29) is 10.7 Å². The molecule has 1 rings (SSSR count). The number of hydrogen-bond donors (Lipinski definition) is 1. The average molecular weight is 317 g/mol. The monoisotopic (exact) mass is 316 g/mol. The summed E-state index contributed by atoms with van der Waals surface area (Å²) in [5, 5.41) is 12.8. The number of thioether (sulfide) groups is 1. The Bertz CT molecular complexity index is 475. The largest absolute Gasteiger partial charge is 0.364 e. The number of nitrogens with one attached hydrogen (secondary N) is 1. The van der Waals surface area contributed by atoms with Crippen molar-refractivity contribution in [2.45, 2.75) is 25.3 Å². The van der Waals surface area contributed by atoms with Crippen LogP contribution < -0.4 is 5.32 Å². The molecule has 0 radical (unpaired) electrons. The average Bonchev–Trinajstić information content (AvgIpc) is 2.44. The number of rotatable bonds is 8. The van der Waals surface area contributed by atoms with Gasteiger partial charge in [0.15, 0.2) is 16.6 Å². The summed E-state index contributed by atoms with van der Waals surface area (Å²) in [6.07, 6.45) is 1.44. The lowest BCUT2D eigenvalue weighted by Gasteiger charge is -2.18. The molecule has 0 amide bonds. The standard InChI is InChI=1S/C12H17ClN4O2S/c1-4-18-9(19-5-2)7-15-11-8(6-14)10(13)16-12(17-11)20-3/h9H,4-5,7H2,1-3H3,(H,15,16,17). The molecule has 110 valence electrons. The molecular formula is C12H17ClN4O2S. The van der Waals surface area contributed by atoms with Crippen molar-refractivity contribution in [1.29, 1.82) is 5.26 Å². The molecule has 0 unspecified atom stereocenters. The van der Waals surface area contributed by atoms with Crippen LogP contribution in [0, 0.1) is 11.3 Å². The summed E-state index contributed by atoms with van der Waals surface area (Å²) in [5.74, 6) is 0.390. The molecule has 0 fully saturated rings. The van der Waals surface area contributed by atoms with Crippen molar-refractivity contribution in [2.75, 3.05) is 31.3 Å². The van der Waals surface area contributed by atoms with Crippen molar-refractivity contribution in [3.63, 3.8) is 0 Å². The van der Waals surface area contributed by atoms with Crippen molar-refractivity contribution in [3.05, 3.63) is 10.7 Å². The van der Waals surface area contributed by atoms with E-state index >= 15 is 0 Å². The summed E-state index contributed by atoms with van der Waals surface area (Å²) in [7, 11) is 0. The molecule has 1 heterocycles. The van der Waals surface area contributed by atoms with Crippen LogP contribution in [0.2, 0.25) is 5.15 Å². The molecular weight excluding hydrogens is 300 g/mol. The zero-order valence-corrected chi connectivity index (χ0v) is 13.2. The van der Waals surface area contributed by atoms with Gasteiger partial charge in [-0.05, 0) is 20.1 Å². The summed E-state index contributed by atoms with van der Waals surface area (Å²) in [4.78, 5) is 8.25. The van der Waals surface area contributed by atoms with Crippen molar-refractivity contribution < 1.29 is 9.47 Å². The van der Waals surface area contributed by atoms with Gasteiger partial charge in [-0.1, -0.05) is 23.4 Å². The molecule has 20 heavy (non-hydrogen) atoms. The maximum Gasteiger partial charge on any atom is 0.190 e. The number of anilines is 1. The normalized spacial score (nSPS) is 10.6. The van der Waals surface area contributed by atoms with E-state index in [1.165, 1.54) is 11.8 Å². The molecule has 0 saturated heterocycles. The van der Waals surface area contributed by atoms with E-state index < -0.39 is 6.29 Å². The summed E-state index contributed by atoms with van der Waals surface area (Å²) < 4.78 is 10.8. The quantitative estimate of drug-likeness (QED) is 0.341. The SMILES string of the molecule is CCOC(CNc1nc(SC)nc(Cl)c1C#N)OCC. The molecule has 0 bridgehead atoms. The van der Waals surface area contributed by atoms with E-state index in [1.807, 2.05) is 26.2 Å². The third kappa shape index (κ3) is 4.80. The number of nitriles is 1. The van der Waals surface area contributed by atoms with Crippen LogP contribution in [-0.2, 0) is 9.47 Å².